The number of halogens is 2. The van der Waals surface area contributed by atoms with Crippen LogP contribution in [-0.4, -0.2) is 4.92 Å². The molecule has 0 aliphatic carbocycles. The normalized spacial score (nSPS) is 10.3. The Hall–Kier alpha value is -1.11. The predicted octanol–water partition coefficient (Wildman–Crippen LogP) is 4.65. The van der Waals surface area contributed by atoms with Crippen LogP contribution in [0.3, 0.4) is 0 Å². The first-order valence-electron chi connectivity index (χ1n) is 4.86. The number of hydrogen-bond acceptors (Lipinski definition) is 4. The SMILES string of the molecule is O=[N+]([O-])c1ccc(Cl)cc1OCc1sccc1Br. The second kappa shape index (κ2) is 5.69. The van der Waals surface area contributed by atoms with Crippen molar-refractivity contribution in [3.8, 4) is 5.75 Å². The molecular formula is C11H7BrClNO3S. The van der Waals surface area contributed by atoms with Gasteiger partial charge >= 0.3 is 5.69 Å². The molecule has 0 fully saturated rings. The van der Waals surface area contributed by atoms with Crippen LogP contribution >= 0.6 is 38.9 Å². The van der Waals surface area contributed by atoms with E-state index in [0.29, 0.717) is 5.02 Å². The molecule has 0 N–H and O–H groups in total. The summed E-state index contributed by atoms with van der Waals surface area (Å²) in [7, 11) is 0. The standard InChI is InChI=1S/C11H7BrClNO3S/c12-8-3-4-18-11(8)6-17-10-5-7(13)1-2-9(10)14(15)16/h1-5H,6H2. The summed E-state index contributed by atoms with van der Waals surface area (Å²) in [5, 5.41) is 13.2. The summed E-state index contributed by atoms with van der Waals surface area (Å²) >= 11 is 10.7. The van der Waals surface area contributed by atoms with Crippen molar-refractivity contribution in [1.29, 1.82) is 0 Å². The molecule has 0 radical (unpaired) electrons. The van der Waals surface area contributed by atoms with Gasteiger partial charge in [0.1, 0.15) is 6.61 Å². The minimum atomic E-state index is -0.491. The molecule has 18 heavy (non-hydrogen) atoms. The van der Waals surface area contributed by atoms with Crippen LogP contribution in [-0.2, 0) is 6.61 Å². The van der Waals surface area contributed by atoms with E-state index in [4.69, 9.17) is 16.3 Å². The van der Waals surface area contributed by atoms with E-state index in [0.717, 1.165) is 9.35 Å². The summed E-state index contributed by atoms with van der Waals surface area (Å²) < 4.78 is 6.39. The Morgan fingerprint density at radius 2 is 2.22 bits per heavy atom. The Labute approximate surface area is 120 Å². The average Bonchev–Trinajstić information content (AvgIpc) is 2.72. The van der Waals surface area contributed by atoms with Crippen molar-refractivity contribution in [3.63, 3.8) is 0 Å². The number of thiophene rings is 1. The molecule has 7 heteroatoms. The smallest absolute Gasteiger partial charge is 0.311 e. The summed E-state index contributed by atoms with van der Waals surface area (Å²) in [5.74, 6) is 0.174. The average molecular weight is 349 g/mol. The van der Waals surface area contributed by atoms with Crippen molar-refractivity contribution in [1.82, 2.24) is 0 Å². The van der Waals surface area contributed by atoms with Gasteiger partial charge in [0.05, 0.1) is 9.80 Å². The zero-order chi connectivity index (χ0) is 13.1. The molecule has 0 saturated carbocycles. The molecule has 2 rings (SSSR count). The predicted molar refractivity (Wildman–Crippen MR) is 74.5 cm³/mol. The van der Waals surface area contributed by atoms with Crippen LogP contribution < -0.4 is 4.74 Å². The quantitative estimate of drug-likeness (QED) is 0.597. The van der Waals surface area contributed by atoms with Gasteiger partial charge < -0.3 is 4.74 Å². The summed E-state index contributed by atoms with van der Waals surface area (Å²) in [6.45, 7) is 0.263. The van der Waals surface area contributed by atoms with E-state index >= 15 is 0 Å². The lowest BCUT2D eigenvalue weighted by Gasteiger charge is -2.06. The molecule has 4 nitrogen and oxygen atoms in total. The lowest BCUT2D eigenvalue weighted by molar-refractivity contribution is -0.385. The highest BCUT2D eigenvalue weighted by atomic mass is 79.9. The van der Waals surface area contributed by atoms with Crippen molar-refractivity contribution >= 4 is 44.6 Å². The molecule has 1 aromatic heterocycles. The monoisotopic (exact) mass is 347 g/mol. The number of benzene rings is 1. The van der Waals surface area contributed by atoms with Crippen LogP contribution in [0.4, 0.5) is 5.69 Å². The van der Waals surface area contributed by atoms with E-state index in [1.54, 1.807) is 0 Å². The third-order valence-corrected chi connectivity index (χ3v) is 4.30. The highest BCUT2D eigenvalue weighted by Gasteiger charge is 2.16. The first-order chi connectivity index (χ1) is 8.58. The van der Waals surface area contributed by atoms with Gasteiger partial charge in [-0.25, -0.2) is 0 Å². The lowest BCUT2D eigenvalue weighted by atomic mass is 10.3. The molecule has 0 aliphatic heterocycles. The number of nitrogens with zero attached hydrogens (tertiary/aromatic N) is 1. The second-order valence-corrected chi connectivity index (χ2v) is 5.64. The minimum Gasteiger partial charge on any atom is -0.481 e. The highest BCUT2D eigenvalue weighted by Crippen LogP contribution is 2.32. The largest absolute Gasteiger partial charge is 0.481 e. The molecule has 0 unspecified atom stereocenters. The number of hydrogen-bond donors (Lipinski definition) is 0. The van der Waals surface area contributed by atoms with Crippen LogP contribution in [0.2, 0.25) is 5.02 Å². The Balaban J connectivity index is 2.20. The molecule has 0 aliphatic rings. The maximum Gasteiger partial charge on any atom is 0.311 e. The summed E-state index contributed by atoms with van der Waals surface area (Å²) in [4.78, 5) is 11.3. The number of nitro groups is 1. The Morgan fingerprint density at radius 1 is 1.44 bits per heavy atom. The maximum absolute atomic E-state index is 10.8. The highest BCUT2D eigenvalue weighted by molar-refractivity contribution is 9.10. The zero-order valence-electron chi connectivity index (χ0n) is 8.93. The minimum absolute atomic E-state index is 0.0907. The van der Waals surface area contributed by atoms with Crippen molar-refractivity contribution in [2.24, 2.45) is 0 Å². The van der Waals surface area contributed by atoms with Gasteiger partial charge in [0.2, 0.25) is 0 Å². The van der Waals surface area contributed by atoms with Crippen molar-refractivity contribution in [3.05, 3.63) is 54.1 Å². The fourth-order valence-corrected chi connectivity index (χ4v) is 2.87. The Bertz CT molecular complexity index is 587. The third kappa shape index (κ3) is 3.01. The van der Waals surface area contributed by atoms with Crippen LogP contribution in [0.5, 0.6) is 5.75 Å². The van der Waals surface area contributed by atoms with E-state index in [9.17, 15) is 10.1 Å². The van der Waals surface area contributed by atoms with Crippen LogP contribution in [0.1, 0.15) is 4.88 Å². The number of nitro benzene ring substituents is 1. The summed E-state index contributed by atoms with van der Waals surface area (Å²) in [6.07, 6.45) is 0. The number of rotatable bonds is 4. The van der Waals surface area contributed by atoms with Gasteiger partial charge in [-0.1, -0.05) is 11.6 Å². The maximum atomic E-state index is 10.8. The Morgan fingerprint density at radius 3 is 2.83 bits per heavy atom. The molecule has 1 heterocycles. The van der Waals surface area contributed by atoms with E-state index in [-0.39, 0.29) is 18.0 Å². The van der Waals surface area contributed by atoms with Gasteiger partial charge in [-0.05, 0) is 33.4 Å². The molecule has 0 atom stereocenters. The summed E-state index contributed by atoms with van der Waals surface area (Å²) in [5.41, 5.74) is -0.0907. The molecule has 0 spiro atoms. The molecule has 94 valence electrons. The van der Waals surface area contributed by atoms with Gasteiger partial charge in [-0.3, -0.25) is 10.1 Å². The van der Waals surface area contributed by atoms with Crippen LogP contribution in [0.15, 0.2) is 34.1 Å². The third-order valence-electron chi connectivity index (χ3n) is 2.17. The lowest BCUT2D eigenvalue weighted by Crippen LogP contribution is -1.98. The van der Waals surface area contributed by atoms with Crippen LogP contribution in [0, 0.1) is 10.1 Å². The van der Waals surface area contributed by atoms with E-state index in [1.165, 1.54) is 29.5 Å². The van der Waals surface area contributed by atoms with Crippen LogP contribution in [0.25, 0.3) is 0 Å². The second-order valence-electron chi connectivity index (χ2n) is 3.35. The van der Waals surface area contributed by atoms with Crippen molar-refractivity contribution in [2.45, 2.75) is 6.61 Å². The molecule has 0 bridgehead atoms. The van der Waals surface area contributed by atoms with Gasteiger partial charge in [-0.15, -0.1) is 11.3 Å². The fraction of sp³-hybridized carbons (Fsp3) is 0.0909. The zero-order valence-corrected chi connectivity index (χ0v) is 12.1. The topological polar surface area (TPSA) is 52.4 Å². The molecule has 0 amide bonds. The molecule has 1 aromatic carbocycles. The van der Waals surface area contributed by atoms with Gasteiger partial charge in [0.15, 0.2) is 5.75 Å². The van der Waals surface area contributed by atoms with Crippen molar-refractivity contribution in [2.75, 3.05) is 0 Å². The number of ether oxygens (including phenoxy) is 1. The fourth-order valence-electron chi connectivity index (χ4n) is 1.33. The molecular weight excluding hydrogens is 342 g/mol. The summed E-state index contributed by atoms with van der Waals surface area (Å²) in [6, 6.07) is 6.14. The molecule has 2 aromatic rings. The van der Waals surface area contributed by atoms with Crippen molar-refractivity contribution < 1.29 is 9.66 Å². The van der Waals surface area contributed by atoms with E-state index in [1.807, 2.05) is 11.4 Å². The van der Waals surface area contributed by atoms with Gasteiger partial charge in [0, 0.05) is 21.6 Å². The Kier molecular flexibility index (Phi) is 4.21. The van der Waals surface area contributed by atoms with Gasteiger partial charge in [0.25, 0.3) is 0 Å². The first kappa shape index (κ1) is 13.3. The van der Waals surface area contributed by atoms with Gasteiger partial charge in [-0.2, -0.15) is 0 Å². The van der Waals surface area contributed by atoms with E-state index < -0.39 is 4.92 Å². The van der Waals surface area contributed by atoms with E-state index in [2.05, 4.69) is 15.9 Å². The molecule has 0 saturated heterocycles. The first-order valence-corrected chi connectivity index (χ1v) is 6.91.